The van der Waals surface area contributed by atoms with E-state index in [9.17, 15) is 5.26 Å². The van der Waals surface area contributed by atoms with Crippen LogP contribution in [-0.4, -0.2) is 0 Å². The first-order valence-electron chi connectivity index (χ1n) is 6.86. The first kappa shape index (κ1) is 13.4. The van der Waals surface area contributed by atoms with Crippen molar-refractivity contribution in [3.05, 3.63) is 71.8 Å². The molecule has 1 heteroatoms. The molecule has 0 radical (unpaired) electrons. The van der Waals surface area contributed by atoms with E-state index in [-0.39, 0.29) is 0 Å². The van der Waals surface area contributed by atoms with E-state index in [1.165, 1.54) is 0 Å². The second-order valence-corrected chi connectivity index (χ2v) is 4.85. The highest BCUT2D eigenvalue weighted by Gasteiger charge is 2.33. The fourth-order valence-corrected chi connectivity index (χ4v) is 2.53. The van der Waals surface area contributed by atoms with Crippen molar-refractivity contribution in [3.8, 4) is 6.07 Å². The van der Waals surface area contributed by atoms with Gasteiger partial charge in [-0.1, -0.05) is 80.4 Å². The molecule has 2 aromatic carbocycles. The summed E-state index contributed by atoms with van der Waals surface area (Å²) in [6, 6.07) is 22.9. The van der Waals surface area contributed by atoms with Crippen molar-refractivity contribution in [1.82, 2.24) is 0 Å². The molecule has 19 heavy (non-hydrogen) atoms. The van der Waals surface area contributed by atoms with E-state index in [1.807, 2.05) is 36.4 Å². The maximum atomic E-state index is 9.86. The molecule has 0 heterocycles. The fourth-order valence-electron chi connectivity index (χ4n) is 2.53. The van der Waals surface area contributed by atoms with Gasteiger partial charge in [-0.2, -0.15) is 5.26 Å². The van der Waals surface area contributed by atoms with E-state index in [1.54, 1.807) is 0 Å². The minimum Gasteiger partial charge on any atom is -0.197 e. The molecule has 2 aromatic rings. The zero-order chi connectivity index (χ0) is 13.6. The van der Waals surface area contributed by atoms with Crippen molar-refractivity contribution in [2.24, 2.45) is 0 Å². The van der Waals surface area contributed by atoms with Gasteiger partial charge in [-0.15, -0.1) is 0 Å². The predicted molar refractivity (Wildman–Crippen MR) is 78.8 cm³/mol. The number of rotatable bonds is 5. The molecule has 0 unspecified atom stereocenters. The number of unbranched alkanes of at least 4 members (excludes halogenated alkanes) is 1. The maximum absolute atomic E-state index is 9.86. The molecule has 1 nitrogen and oxygen atoms in total. The third-order valence-corrected chi connectivity index (χ3v) is 3.63. The smallest absolute Gasteiger partial charge is 0.107 e. The van der Waals surface area contributed by atoms with Gasteiger partial charge in [0.25, 0.3) is 0 Å². The van der Waals surface area contributed by atoms with Crippen LogP contribution in [0.5, 0.6) is 0 Å². The number of nitriles is 1. The summed E-state index contributed by atoms with van der Waals surface area (Å²) in [7, 11) is 0. The summed E-state index contributed by atoms with van der Waals surface area (Å²) in [5.74, 6) is 0. The Kier molecular flexibility index (Phi) is 4.36. The highest BCUT2D eigenvalue weighted by molar-refractivity contribution is 5.45. The lowest BCUT2D eigenvalue weighted by atomic mass is 9.72. The summed E-state index contributed by atoms with van der Waals surface area (Å²) < 4.78 is 0. The van der Waals surface area contributed by atoms with Crippen molar-refractivity contribution in [3.63, 3.8) is 0 Å². The monoisotopic (exact) mass is 249 g/mol. The van der Waals surface area contributed by atoms with Gasteiger partial charge in [0.05, 0.1) is 6.07 Å². The first-order chi connectivity index (χ1) is 9.33. The van der Waals surface area contributed by atoms with Gasteiger partial charge in [-0.3, -0.25) is 0 Å². The second kappa shape index (κ2) is 6.20. The first-order valence-corrected chi connectivity index (χ1v) is 6.86. The summed E-state index contributed by atoms with van der Waals surface area (Å²) in [5.41, 5.74) is 1.67. The minimum absolute atomic E-state index is 0.515. The van der Waals surface area contributed by atoms with Gasteiger partial charge in [-0.05, 0) is 17.5 Å². The van der Waals surface area contributed by atoms with Crippen LogP contribution in [-0.2, 0) is 5.41 Å². The standard InChI is InChI=1S/C18H19N/c1-2-3-14-18(15-19,16-10-6-4-7-11-16)17-12-8-5-9-13-17/h4-13H,2-3,14H2,1H3. The van der Waals surface area contributed by atoms with Crippen LogP contribution in [0.1, 0.15) is 37.3 Å². The third-order valence-electron chi connectivity index (χ3n) is 3.63. The minimum atomic E-state index is -0.515. The Balaban J connectivity index is 2.53. The van der Waals surface area contributed by atoms with Crippen LogP contribution >= 0.6 is 0 Å². The Labute approximate surface area is 115 Å². The van der Waals surface area contributed by atoms with Crippen LogP contribution in [0, 0.1) is 11.3 Å². The highest BCUT2D eigenvalue weighted by atomic mass is 14.4. The van der Waals surface area contributed by atoms with Gasteiger partial charge in [0, 0.05) is 0 Å². The molecular weight excluding hydrogens is 230 g/mol. The van der Waals surface area contributed by atoms with Crippen molar-refractivity contribution in [2.45, 2.75) is 31.6 Å². The molecule has 96 valence electrons. The van der Waals surface area contributed by atoms with Gasteiger partial charge < -0.3 is 0 Å². The molecule has 0 atom stereocenters. The normalized spacial score (nSPS) is 10.9. The Morgan fingerprint density at radius 3 is 1.74 bits per heavy atom. The van der Waals surface area contributed by atoms with Crippen LogP contribution < -0.4 is 0 Å². The van der Waals surface area contributed by atoms with Crippen molar-refractivity contribution >= 4 is 0 Å². The molecule has 0 aliphatic rings. The van der Waals surface area contributed by atoms with Gasteiger partial charge in [0.2, 0.25) is 0 Å². The van der Waals surface area contributed by atoms with Gasteiger partial charge in [0.1, 0.15) is 5.41 Å². The molecule has 0 amide bonds. The van der Waals surface area contributed by atoms with Crippen LogP contribution in [0.2, 0.25) is 0 Å². The zero-order valence-corrected chi connectivity index (χ0v) is 11.3. The summed E-state index contributed by atoms with van der Waals surface area (Å²) >= 11 is 0. The largest absolute Gasteiger partial charge is 0.197 e. The topological polar surface area (TPSA) is 23.8 Å². The van der Waals surface area contributed by atoms with Crippen LogP contribution in [0.3, 0.4) is 0 Å². The Bertz CT molecular complexity index is 497. The molecule has 0 aliphatic carbocycles. The van der Waals surface area contributed by atoms with E-state index in [2.05, 4.69) is 37.3 Å². The van der Waals surface area contributed by atoms with E-state index < -0.39 is 5.41 Å². The SMILES string of the molecule is CCCCC(C#N)(c1ccccc1)c1ccccc1. The zero-order valence-electron chi connectivity index (χ0n) is 11.3. The van der Waals surface area contributed by atoms with E-state index >= 15 is 0 Å². The van der Waals surface area contributed by atoms with Crippen molar-refractivity contribution in [2.75, 3.05) is 0 Å². The van der Waals surface area contributed by atoms with Crippen molar-refractivity contribution in [1.29, 1.82) is 5.26 Å². The average molecular weight is 249 g/mol. The molecular formula is C18H19N. The van der Waals surface area contributed by atoms with E-state index in [4.69, 9.17) is 0 Å². The second-order valence-electron chi connectivity index (χ2n) is 4.85. The van der Waals surface area contributed by atoms with Crippen LogP contribution in [0.4, 0.5) is 0 Å². The molecule has 0 N–H and O–H groups in total. The predicted octanol–water partition coefficient (Wildman–Crippen LogP) is 4.69. The lowest BCUT2D eigenvalue weighted by Crippen LogP contribution is -2.25. The molecule has 0 spiro atoms. The molecule has 0 aromatic heterocycles. The van der Waals surface area contributed by atoms with Crippen LogP contribution in [0.25, 0.3) is 0 Å². The quantitative estimate of drug-likeness (QED) is 0.754. The van der Waals surface area contributed by atoms with Gasteiger partial charge in [0.15, 0.2) is 0 Å². The third kappa shape index (κ3) is 2.69. The van der Waals surface area contributed by atoms with Gasteiger partial charge >= 0.3 is 0 Å². The molecule has 2 rings (SSSR count). The summed E-state index contributed by atoms with van der Waals surface area (Å²) in [6.45, 7) is 2.16. The molecule has 0 bridgehead atoms. The van der Waals surface area contributed by atoms with Crippen molar-refractivity contribution < 1.29 is 0 Å². The van der Waals surface area contributed by atoms with E-state index in [0.717, 1.165) is 30.4 Å². The lowest BCUT2D eigenvalue weighted by Gasteiger charge is -2.27. The molecule has 0 fully saturated rings. The summed E-state index contributed by atoms with van der Waals surface area (Å²) in [6.07, 6.45) is 3.02. The van der Waals surface area contributed by atoms with Gasteiger partial charge in [-0.25, -0.2) is 0 Å². The van der Waals surface area contributed by atoms with E-state index in [0.29, 0.717) is 0 Å². The lowest BCUT2D eigenvalue weighted by molar-refractivity contribution is 0.555. The summed E-state index contributed by atoms with van der Waals surface area (Å²) in [5, 5.41) is 9.86. The molecule has 0 saturated carbocycles. The number of hydrogen-bond donors (Lipinski definition) is 0. The highest BCUT2D eigenvalue weighted by Crippen LogP contribution is 2.36. The molecule has 0 aliphatic heterocycles. The number of nitrogens with zero attached hydrogens (tertiary/aromatic N) is 1. The summed E-state index contributed by atoms with van der Waals surface area (Å²) in [4.78, 5) is 0. The van der Waals surface area contributed by atoms with Crippen LogP contribution in [0.15, 0.2) is 60.7 Å². The Morgan fingerprint density at radius 2 is 1.37 bits per heavy atom. The number of hydrogen-bond acceptors (Lipinski definition) is 1. The average Bonchev–Trinajstić information content (AvgIpc) is 2.51. The fraction of sp³-hybridized carbons (Fsp3) is 0.278. The molecule has 0 saturated heterocycles. The maximum Gasteiger partial charge on any atom is 0.107 e. The number of benzene rings is 2. The Morgan fingerprint density at radius 1 is 0.895 bits per heavy atom. The Hall–Kier alpha value is -2.07.